The van der Waals surface area contributed by atoms with Gasteiger partial charge in [0.05, 0.1) is 0 Å². The molecule has 1 aliphatic rings. The maximum atomic E-state index is 12.9. The van der Waals surface area contributed by atoms with Gasteiger partial charge in [-0.3, -0.25) is 9.88 Å². The fraction of sp³-hybridized carbons (Fsp3) is 0.400. The van der Waals surface area contributed by atoms with Crippen molar-refractivity contribution in [3.05, 3.63) is 60.4 Å². The van der Waals surface area contributed by atoms with Crippen LogP contribution in [-0.4, -0.2) is 46.5 Å². The first kappa shape index (κ1) is 17.4. The number of nitrogens with zero attached hydrogens (tertiary/aromatic N) is 3. The van der Waals surface area contributed by atoms with Crippen LogP contribution in [0, 0.1) is 0 Å². The number of benzene rings is 1. The van der Waals surface area contributed by atoms with Gasteiger partial charge in [0.1, 0.15) is 0 Å². The van der Waals surface area contributed by atoms with E-state index in [-0.39, 0.29) is 6.03 Å². The number of rotatable bonds is 6. The molecule has 1 N–H and O–H groups in total. The first-order valence-electron chi connectivity index (χ1n) is 9.00. The molecule has 0 saturated carbocycles. The van der Waals surface area contributed by atoms with Crippen molar-refractivity contribution < 1.29 is 4.79 Å². The zero-order chi connectivity index (χ0) is 17.5. The Morgan fingerprint density at radius 2 is 2.00 bits per heavy atom. The highest BCUT2D eigenvalue weighted by Crippen LogP contribution is 2.19. The van der Waals surface area contributed by atoms with Crippen LogP contribution in [0.1, 0.15) is 25.3 Å². The van der Waals surface area contributed by atoms with Crippen LogP contribution >= 0.6 is 0 Å². The van der Waals surface area contributed by atoms with E-state index in [9.17, 15) is 4.79 Å². The third kappa shape index (κ3) is 4.79. The molecule has 132 valence electrons. The summed E-state index contributed by atoms with van der Waals surface area (Å²) >= 11 is 0. The highest BCUT2D eigenvalue weighted by Gasteiger charge is 2.27. The number of hydrogen-bond acceptors (Lipinski definition) is 3. The van der Waals surface area contributed by atoms with E-state index in [0.717, 1.165) is 37.3 Å². The van der Waals surface area contributed by atoms with Gasteiger partial charge in [-0.25, -0.2) is 4.79 Å². The summed E-state index contributed by atoms with van der Waals surface area (Å²) in [6.45, 7) is 5.69. The molecule has 1 aromatic carbocycles. The first-order chi connectivity index (χ1) is 12.3. The van der Waals surface area contributed by atoms with E-state index in [4.69, 9.17) is 0 Å². The Bertz CT molecular complexity index is 662. The summed E-state index contributed by atoms with van der Waals surface area (Å²) in [6.07, 6.45) is 5.91. The van der Waals surface area contributed by atoms with E-state index < -0.39 is 0 Å². The van der Waals surface area contributed by atoms with Crippen LogP contribution in [-0.2, 0) is 6.54 Å². The highest BCUT2D eigenvalue weighted by atomic mass is 16.2. The third-order valence-electron chi connectivity index (χ3n) is 4.77. The molecule has 1 unspecified atom stereocenters. The minimum atomic E-state index is -0.0500. The molecule has 25 heavy (non-hydrogen) atoms. The fourth-order valence-electron chi connectivity index (χ4n) is 3.42. The summed E-state index contributed by atoms with van der Waals surface area (Å²) < 4.78 is 0. The number of carbonyl (C=O) groups is 1. The number of pyridine rings is 1. The molecule has 1 aromatic heterocycles. The lowest BCUT2D eigenvalue weighted by atomic mass is 10.2. The molecule has 0 bridgehead atoms. The summed E-state index contributed by atoms with van der Waals surface area (Å²) in [7, 11) is 0. The summed E-state index contributed by atoms with van der Waals surface area (Å²) in [6, 6.07) is 14.0. The number of urea groups is 1. The molecule has 2 aromatic rings. The molecule has 0 radical (unpaired) electrons. The number of nitrogens with one attached hydrogen (secondary N) is 1. The quantitative estimate of drug-likeness (QED) is 0.875. The number of likely N-dealkylation sites (tertiary alicyclic amines) is 1. The fourth-order valence-corrected chi connectivity index (χ4v) is 3.42. The Balaban J connectivity index is 1.72. The van der Waals surface area contributed by atoms with Crippen molar-refractivity contribution in [3.8, 4) is 0 Å². The number of anilines is 1. The van der Waals surface area contributed by atoms with Gasteiger partial charge in [-0.2, -0.15) is 0 Å². The summed E-state index contributed by atoms with van der Waals surface area (Å²) in [5.74, 6) is 0. The van der Waals surface area contributed by atoms with Crippen LogP contribution in [0.25, 0.3) is 0 Å². The minimum absolute atomic E-state index is 0.0500. The smallest absolute Gasteiger partial charge is 0.319 e. The lowest BCUT2D eigenvalue weighted by Crippen LogP contribution is -2.44. The molecule has 1 aliphatic heterocycles. The summed E-state index contributed by atoms with van der Waals surface area (Å²) in [4.78, 5) is 21.3. The van der Waals surface area contributed by atoms with Gasteiger partial charge >= 0.3 is 6.03 Å². The maximum Gasteiger partial charge on any atom is 0.322 e. The maximum absolute atomic E-state index is 12.9. The average molecular weight is 338 g/mol. The molecule has 3 rings (SSSR count). The topological polar surface area (TPSA) is 48.5 Å². The Labute approximate surface area is 149 Å². The van der Waals surface area contributed by atoms with E-state index in [1.807, 2.05) is 47.4 Å². The molecule has 1 fully saturated rings. The number of hydrogen-bond donors (Lipinski definition) is 1. The number of carbonyl (C=O) groups excluding carboxylic acids is 1. The van der Waals surface area contributed by atoms with Crippen molar-refractivity contribution in [3.63, 3.8) is 0 Å². The monoisotopic (exact) mass is 338 g/mol. The SMILES string of the molecule is CCN1CCCC1CN(Cc1ccncc1)C(=O)Nc1ccccc1. The Kier molecular flexibility index (Phi) is 6.01. The van der Waals surface area contributed by atoms with Crippen LogP contribution < -0.4 is 5.32 Å². The lowest BCUT2D eigenvalue weighted by Gasteiger charge is -2.30. The molecule has 5 nitrogen and oxygen atoms in total. The van der Waals surface area contributed by atoms with E-state index in [2.05, 4.69) is 22.1 Å². The first-order valence-corrected chi connectivity index (χ1v) is 9.00. The van der Waals surface area contributed by atoms with Gasteiger partial charge in [0.2, 0.25) is 0 Å². The molecule has 0 aliphatic carbocycles. The van der Waals surface area contributed by atoms with Crippen LogP contribution in [0.5, 0.6) is 0 Å². The average Bonchev–Trinajstić information content (AvgIpc) is 3.10. The van der Waals surface area contributed by atoms with Gasteiger partial charge in [0, 0.05) is 37.2 Å². The largest absolute Gasteiger partial charge is 0.322 e. The Morgan fingerprint density at radius 1 is 1.24 bits per heavy atom. The Morgan fingerprint density at radius 3 is 2.72 bits per heavy atom. The van der Waals surface area contributed by atoms with Gasteiger partial charge in [0.25, 0.3) is 0 Å². The highest BCUT2D eigenvalue weighted by molar-refractivity contribution is 5.89. The van der Waals surface area contributed by atoms with Crippen molar-refractivity contribution in [2.75, 3.05) is 25.0 Å². The van der Waals surface area contributed by atoms with Crippen LogP contribution in [0.2, 0.25) is 0 Å². The van der Waals surface area contributed by atoms with Gasteiger partial charge < -0.3 is 10.2 Å². The van der Waals surface area contributed by atoms with Crippen LogP contribution in [0.3, 0.4) is 0 Å². The van der Waals surface area contributed by atoms with Crippen LogP contribution in [0.15, 0.2) is 54.9 Å². The normalized spacial score (nSPS) is 17.4. The summed E-state index contributed by atoms with van der Waals surface area (Å²) in [5, 5.41) is 3.02. The predicted molar refractivity (Wildman–Crippen MR) is 100 cm³/mol. The zero-order valence-electron chi connectivity index (χ0n) is 14.8. The van der Waals surface area contributed by atoms with Crippen molar-refractivity contribution in [1.82, 2.24) is 14.8 Å². The van der Waals surface area contributed by atoms with Gasteiger partial charge in [-0.05, 0) is 55.8 Å². The molecular formula is C20H26N4O. The third-order valence-corrected chi connectivity index (χ3v) is 4.77. The number of likely N-dealkylation sites (N-methyl/N-ethyl adjacent to an activating group) is 1. The molecule has 2 amide bonds. The number of aromatic nitrogens is 1. The Hall–Kier alpha value is -2.40. The predicted octanol–water partition coefficient (Wildman–Crippen LogP) is 3.60. The van der Waals surface area contributed by atoms with E-state index in [1.54, 1.807) is 12.4 Å². The second kappa shape index (κ2) is 8.62. The van der Waals surface area contributed by atoms with Gasteiger partial charge in [-0.15, -0.1) is 0 Å². The minimum Gasteiger partial charge on any atom is -0.319 e. The van der Waals surface area contributed by atoms with Crippen molar-refractivity contribution in [1.29, 1.82) is 0 Å². The number of amides is 2. The van der Waals surface area contributed by atoms with E-state index >= 15 is 0 Å². The molecule has 0 spiro atoms. The molecule has 1 atom stereocenters. The molecule has 1 saturated heterocycles. The van der Waals surface area contributed by atoms with Gasteiger partial charge in [-0.1, -0.05) is 25.1 Å². The molecular weight excluding hydrogens is 312 g/mol. The van der Waals surface area contributed by atoms with Crippen molar-refractivity contribution in [2.24, 2.45) is 0 Å². The summed E-state index contributed by atoms with van der Waals surface area (Å²) in [5.41, 5.74) is 1.92. The van der Waals surface area contributed by atoms with E-state index in [0.29, 0.717) is 12.6 Å². The standard InChI is InChI=1S/C20H26N4O/c1-2-23-14-6-9-19(23)16-24(15-17-10-12-21-13-11-17)20(25)22-18-7-4-3-5-8-18/h3-5,7-8,10-13,19H,2,6,9,14-16H2,1H3,(H,22,25). The number of para-hydroxylation sites is 1. The zero-order valence-corrected chi connectivity index (χ0v) is 14.8. The second-order valence-corrected chi connectivity index (χ2v) is 6.46. The van der Waals surface area contributed by atoms with Crippen LogP contribution in [0.4, 0.5) is 10.5 Å². The van der Waals surface area contributed by atoms with Crippen molar-refractivity contribution in [2.45, 2.75) is 32.4 Å². The lowest BCUT2D eigenvalue weighted by molar-refractivity contribution is 0.175. The van der Waals surface area contributed by atoms with Gasteiger partial charge in [0.15, 0.2) is 0 Å². The molecule has 2 heterocycles. The second-order valence-electron chi connectivity index (χ2n) is 6.46. The van der Waals surface area contributed by atoms with E-state index in [1.165, 1.54) is 6.42 Å². The van der Waals surface area contributed by atoms with Crippen molar-refractivity contribution >= 4 is 11.7 Å². The molecule has 5 heteroatoms.